The van der Waals surface area contributed by atoms with Gasteiger partial charge in [-0.25, -0.2) is 0 Å². The van der Waals surface area contributed by atoms with Gasteiger partial charge in [-0.2, -0.15) is 5.26 Å². The molecule has 1 fully saturated rings. The topological polar surface area (TPSA) is 53.3 Å². The summed E-state index contributed by atoms with van der Waals surface area (Å²) in [4.78, 5) is 14.9. The molecule has 1 aliphatic rings. The molecule has 0 atom stereocenters. The maximum atomic E-state index is 12.5. The number of rotatable bonds is 4. The first-order chi connectivity index (χ1) is 11.3. The molecule has 0 saturated carbocycles. The summed E-state index contributed by atoms with van der Waals surface area (Å²) >= 11 is 0. The summed E-state index contributed by atoms with van der Waals surface area (Å²) in [7, 11) is 0. The molecule has 0 amide bonds. The lowest BCUT2D eigenvalue weighted by Crippen LogP contribution is -2.35. The number of ether oxygens (including phenoxy) is 1. The van der Waals surface area contributed by atoms with Crippen LogP contribution in [0.4, 0.5) is 0 Å². The number of hydrogen-bond donors (Lipinski definition) is 0. The second-order valence-electron chi connectivity index (χ2n) is 5.57. The summed E-state index contributed by atoms with van der Waals surface area (Å²) in [6.45, 7) is 4.31. The molecule has 0 unspecified atom stereocenters. The van der Waals surface area contributed by atoms with Crippen LogP contribution in [0.15, 0.2) is 48.5 Å². The SMILES string of the molecule is N#Cc1ccccc1C(=O)c1ccc(CN2CCOCC2)cc1. The van der Waals surface area contributed by atoms with Gasteiger partial charge in [0.05, 0.1) is 24.8 Å². The number of carbonyl (C=O) groups is 1. The van der Waals surface area contributed by atoms with Crippen LogP contribution in [0.1, 0.15) is 27.0 Å². The van der Waals surface area contributed by atoms with Crippen molar-refractivity contribution in [1.82, 2.24) is 4.90 Å². The third-order valence-electron chi connectivity index (χ3n) is 4.02. The van der Waals surface area contributed by atoms with Gasteiger partial charge in [-0.3, -0.25) is 9.69 Å². The van der Waals surface area contributed by atoms with Gasteiger partial charge in [0.2, 0.25) is 0 Å². The molecule has 0 N–H and O–H groups in total. The van der Waals surface area contributed by atoms with Gasteiger partial charge in [0, 0.05) is 30.8 Å². The minimum absolute atomic E-state index is 0.111. The van der Waals surface area contributed by atoms with Crippen molar-refractivity contribution in [3.05, 3.63) is 70.8 Å². The van der Waals surface area contributed by atoms with Crippen LogP contribution in [-0.4, -0.2) is 37.0 Å². The van der Waals surface area contributed by atoms with Gasteiger partial charge in [-0.05, 0) is 17.7 Å². The zero-order chi connectivity index (χ0) is 16.1. The fraction of sp³-hybridized carbons (Fsp3) is 0.263. The molecule has 0 aromatic heterocycles. The molecule has 3 rings (SSSR count). The second-order valence-corrected chi connectivity index (χ2v) is 5.57. The Morgan fingerprint density at radius 1 is 1.09 bits per heavy atom. The van der Waals surface area contributed by atoms with Gasteiger partial charge in [-0.1, -0.05) is 36.4 Å². The van der Waals surface area contributed by atoms with Crippen molar-refractivity contribution in [2.45, 2.75) is 6.54 Å². The smallest absolute Gasteiger partial charge is 0.194 e. The molecule has 1 aliphatic heterocycles. The van der Waals surface area contributed by atoms with Gasteiger partial charge in [0.25, 0.3) is 0 Å². The van der Waals surface area contributed by atoms with Crippen molar-refractivity contribution in [2.75, 3.05) is 26.3 Å². The highest BCUT2D eigenvalue weighted by atomic mass is 16.5. The van der Waals surface area contributed by atoms with Gasteiger partial charge in [-0.15, -0.1) is 0 Å². The van der Waals surface area contributed by atoms with Gasteiger partial charge in [0.15, 0.2) is 5.78 Å². The van der Waals surface area contributed by atoms with E-state index in [1.54, 1.807) is 24.3 Å². The quantitative estimate of drug-likeness (QED) is 0.815. The molecule has 2 aromatic rings. The van der Waals surface area contributed by atoms with Crippen LogP contribution < -0.4 is 0 Å². The highest BCUT2D eigenvalue weighted by Crippen LogP contribution is 2.16. The van der Waals surface area contributed by atoms with Gasteiger partial charge >= 0.3 is 0 Å². The molecule has 4 heteroatoms. The fourth-order valence-corrected chi connectivity index (χ4v) is 2.71. The van der Waals surface area contributed by atoms with Crippen molar-refractivity contribution in [1.29, 1.82) is 5.26 Å². The zero-order valence-corrected chi connectivity index (χ0v) is 12.9. The van der Waals surface area contributed by atoms with Crippen LogP contribution in [0.5, 0.6) is 0 Å². The first kappa shape index (κ1) is 15.4. The molecule has 4 nitrogen and oxygen atoms in total. The molecule has 2 aromatic carbocycles. The van der Waals surface area contributed by atoms with Crippen LogP contribution in [0, 0.1) is 11.3 Å². The molecule has 23 heavy (non-hydrogen) atoms. The predicted octanol–water partition coefficient (Wildman–Crippen LogP) is 2.62. The van der Waals surface area contributed by atoms with Crippen LogP contribution in [-0.2, 0) is 11.3 Å². The number of nitriles is 1. The Hall–Kier alpha value is -2.48. The van der Waals surface area contributed by atoms with Crippen molar-refractivity contribution in [3.8, 4) is 6.07 Å². The maximum Gasteiger partial charge on any atom is 0.194 e. The molecule has 116 valence electrons. The van der Waals surface area contributed by atoms with E-state index in [4.69, 9.17) is 10.00 Å². The summed E-state index contributed by atoms with van der Waals surface area (Å²) in [6, 6.07) is 16.6. The summed E-state index contributed by atoms with van der Waals surface area (Å²) in [5.41, 5.74) is 2.65. The van der Waals surface area contributed by atoms with Crippen molar-refractivity contribution in [3.63, 3.8) is 0 Å². The molecule has 0 radical (unpaired) electrons. The lowest BCUT2D eigenvalue weighted by Gasteiger charge is -2.26. The average Bonchev–Trinajstić information content (AvgIpc) is 2.62. The zero-order valence-electron chi connectivity index (χ0n) is 12.9. The Labute approximate surface area is 135 Å². The van der Waals surface area contributed by atoms with E-state index < -0.39 is 0 Å². The molecule has 1 heterocycles. The van der Waals surface area contributed by atoms with Crippen molar-refractivity contribution < 1.29 is 9.53 Å². The Balaban J connectivity index is 1.74. The van der Waals surface area contributed by atoms with E-state index in [-0.39, 0.29) is 5.78 Å². The lowest BCUT2D eigenvalue weighted by atomic mass is 9.98. The molecule has 1 saturated heterocycles. The Morgan fingerprint density at radius 3 is 2.48 bits per heavy atom. The van der Waals surface area contributed by atoms with Gasteiger partial charge < -0.3 is 4.74 Å². The van der Waals surface area contributed by atoms with E-state index in [2.05, 4.69) is 11.0 Å². The van der Waals surface area contributed by atoms with E-state index in [1.807, 2.05) is 24.3 Å². The van der Waals surface area contributed by atoms with Gasteiger partial charge in [0.1, 0.15) is 0 Å². The third kappa shape index (κ3) is 3.65. The molecule has 0 aliphatic carbocycles. The van der Waals surface area contributed by atoms with E-state index >= 15 is 0 Å². The number of morpholine rings is 1. The molecule has 0 bridgehead atoms. The second kappa shape index (κ2) is 7.19. The standard InChI is InChI=1S/C19H18N2O2/c20-13-17-3-1-2-4-18(17)19(22)16-7-5-15(6-8-16)14-21-9-11-23-12-10-21/h1-8H,9-12,14H2. The fourth-order valence-electron chi connectivity index (χ4n) is 2.71. The predicted molar refractivity (Wildman–Crippen MR) is 87.1 cm³/mol. The lowest BCUT2D eigenvalue weighted by molar-refractivity contribution is 0.0342. The number of hydrogen-bond acceptors (Lipinski definition) is 4. The van der Waals surface area contributed by atoms with Crippen molar-refractivity contribution in [2.24, 2.45) is 0 Å². The van der Waals surface area contributed by atoms with E-state index in [1.165, 1.54) is 5.56 Å². The van der Waals surface area contributed by atoms with Crippen molar-refractivity contribution >= 4 is 5.78 Å². The summed E-state index contributed by atoms with van der Waals surface area (Å²) in [6.07, 6.45) is 0. The van der Waals surface area contributed by atoms with E-state index in [0.29, 0.717) is 16.7 Å². The highest BCUT2D eigenvalue weighted by molar-refractivity contribution is 6.10. The average molecular weight is 306 g/mol. The first-order valence-electron chi connectivity index (χ1n) is 7.71. The Bertz CT molecular complexity index is 726. The molecular weight excluding hydrogens is 288 g/mol. The summed E-state index contributed by atoms with van der Waals surface area (Å²) in [5.74, 6) is -0.111. The first-order valence-corrected chi connectivity index (χ1v) is 7.71. The minimum atomic E-state index is -0.111. The molecule has 0 spiro atoms. The summed E-state index contributed by atoms with van der Waals surface area (Å²) in [5, 5.41) is 9.12. The maximum absolute atomic E-state index is 12.5. The third-order valence-corrected chi connectivity index (χ3v) is 4.02. The normalized spacial score (nSPS) is 15.1. The van der Waals surface area contributed by atoms with Crippen LogP contribution in [0.3, 0.4) is 0 Å². The van der Waals surface area contributed by atoms with E-state index in [9.17, 15) is 4.79 Å². The monoisotopic (exact) mass is 306 g/mol. The highest BCUT2D eigenvalue weighted by Gasteiger charge is 2.14. The van der Waals surface area contributed by atoms with Crippen LogP contribution >= 0.6 is 0 Å². The summed E-state index contributed by atoms with van der Waals surface area (Å²) < 4.78 is 5.35. The number of carbonyl (C=O) groups excluding carboxylic acids is 1. The largest absolute Gasteiger partial charge is 0.379 e. The minimum Gasteiger partial charge on any atom is -0.379 e. The van der Waals surface area contributed by atoms with Crippen LogP contribution in [0.25, 0.3) is 0 Å². The number of benzene rings is 2. The van der Waals surface area contributed by atoms with E-state index in [0.717, 1.165) is 32.8 Å². The van der Waals surface area contributed by atoms with Crippen LogP contribution in [0.2, 0.25) is 0 Å². The Morgan fingerprint density at radius 2 is 1.78 bits per heavy atom. The number of ketones is 1. The Kier molecular flexibility index (Phi) is 4.82. The molecular formula is C19H18N2O2. The number of nitrogens with zero attached hydrogens (tertiary/aromatic N) is 2.